The number of ether oxygens (including phenoxy) is 3. The van der Waals surface area contributed by atoms with Gasteiger partial charge in [0, 0.05) is 5.71 Å². The van der Waals surface area contributed by atoms with Crippen LogP contribution in [0, 0.1) is 0 Å². The summed E-state index contributed by atoms with van der Waals surface area (Å²) < 4.78 is 15.6. The van der Waals surface area contributed by atoms with Crippen LogP contribution in [0.2, 0.25) is 0 Å². The third-order valence-electron chi connectivity index (χ3n) is 3.39. The van der Waals surface area contributed by atoms with Crippen LogP contribution in [0.15, 0.2) is 23.2 Å². The zero-order valence-electron chi connectivity index (χ0n) is 11.4. The second-order valence-corrected chi connectivity index (χ2v) is 4.82. The van der Waals surface area contributed by atoms with E-state index >= 15 is 0 Å². The molecule has 0 saturated carbocycles. The normalized spacial score (nSPS) is 18.6. The van der Waals surface area contributed by atoms with Crippen molar-refractivity contribution in [2.45, 2.75) is 32.2 Å². The maximum absolute atomic E-state index is 11.4. The fourth-order valence-corrected chi connectivity index (χ4v) is 2.31. The van der Waals surface area contributed by atoms with Crippen molar-refractivity contribution in [1.82, 2.24) is 0 Å². The first-order chi connectivity index (χ1) is 9.78. The molecule has 5 heteroatoms. The average molecular weight is 275 g/mol. The van der Waals surface area contributed by atoms with E-state index in [0.717, 1.165) is 36.5 Å². The molecule has 0 amide bonds. The highest BCUT2D eigenvalue weighted by Crippen LogP contribution is 2.33. The molecule has 1 unspecified atom stereocenters. The van der Waals surface area contributed by atoms with Crippen molar-refractivity contribution in [3.05, 3.63) is 23.8 Å². The van der Waals surface area contributed by atoms with Gasteiger partial charge in [-0.2, -0.15) is 0 Å². The quantitative estimate of drug-likeness (QED) is 0.746. The summed E-state index contributed by atoms with van der Waals surface area (Å²) in [6.45, 7) is 2.52. The summed E-state index contributed by atoms with van der Waals surface area (Å²) in [6.07, 6.45) is 2.75. The number of carbonyl (C=O) groups excluding carboxylic acids is 1. The molecule has 1 aromatic rings. The van der Waals surface area contributed by atoms with Crippen molar-refractivity contribution in [2.75, 3.05) is 13.4 Å². The summed E-state index contributed by atoms with van der Waals surface area (Å²) in [7, 11) is 0. The van der Waals surface area contributed by atoms with Crippen LogP contribution in [-0.4, -0.2) is 31.1 Å². The number of benzene rings is 1. The molecule has 1 atom stereocenters. The molecule has 3 rings (SSSR count). The Morgan fingerprint density at radius 3 is 3.05 bits per heavy atom. The molecule has 0 N–H and O–H groups in total. The van der Waals surface area contributed by atoms with Gasteiger partial charge in [-0.25, -0.2) is 4.79 Å². The van der Waals surface area contributed by atoms with Crippen molar-refractivity contribution >= 4 is 11.7 Å². The van der Waals surface area contributed by atoms with Gasteiger partial charge in [0.15, 0.2) is 17.5 Å². The molecule has 2 heterocycles. The van der Waals surface area contributed by atoms with E-state index in [1.807, 2.05) is 18.2 Å². The largest absolute Gasteiger partial charge is 0.464 e. The van der Waals surface area contributed by atoms with Gasteiger partial charge in [0.25, 0.3) is 0 Å². The van der Waals surface area contributed by atoms with Crippen LogP contribution in [0.1, 0.15) is 25.3 Å². The van der Waals surface area contributed by atoms with Gasteiger partial charge in [-0.15, -0.1) is 0 Å². The fourth-order valence-electron chi connectivity index (χ4n) is 2.31. The average Bonchev–Trinajstić information content (AvgIpc) is 3.07. The van der Waals surface area contributed by atoms with Crippen molar-refractivity contribution in [2.24, 2.45) is 4.99 Å². The van der Waals surface area contributed by atoms with E-state index in [2.05, 4.69) is 4.99 Å². The minimum atomic E-state index is -0.299. The van der Waals surface area contributed by atoms with E-state index in [0.29, 0.717) is 13.4 Å². The van der Waals surface area contributed by atoms with Gasteiger partial charge in [-0.3, -0.25) is 4.99 Å². The molecule has 0 bridgehead atoms. The minimum absolute atomic E-state index is 0.217. The van der Waals surface area contributed by atoms with Gasteiger partial charge in [0.05, 0.1) is 6.61 Å². The molecule has 0 spiro atoms. The smallest absolute Gasteiger partial charge is 0.336 e. The number of hydrogen-bond acceptors (Lipinski definition) is 5. The summed E-state index contributed by atoms with van der Waals surface area (Å²) in [5, 5.41) is 0. The van der Waals surface area contributed by atoms with Gasteiger partial charge in [-0.1, -0.05) is 6.07 Å². The fraction of sp³-hybridized carbons (Fsp3) is 0.467. The van der Waals surface area contributed by atoms with E-state index in [-0.39, 0.29) is 12.0 Å². The number of aryl methyl sites for hydroxylation is 1. The van der Waals surface area contributed by atoms with E-state index < -0.39 is 0 Å². The topological polar surface area (TPSA) is 57.1 Å². The van der Waals surface area contributed by atoms with Crippen molar-refractivity contribution in [1.29, 1.82) is 0 Å². The van der Waals surface area contributed by atoms with Gasteiger partial charge >= 0.3 is 5.97 Å². The van der Waals surface area contributed by atoms with Crippen LogP contribution in [0.4, 0.5) is 0 Å². The molecular formula is C15H17NO4. The van der Waals surface area contributed by atoms with Gasteiger partial charge < -0.3 is 14.2 Å². The Morgan fingerprint density at radius 2 is 2.20 bits per heavy atom. The van der Waals surface area contributed by atoms with Crippen LogP contribution in [0.5, 0.6) is 11.5 Å². The number of rotatable bonds is 6. The van der Waals surface area contributed by atoms with E-state index in [9.17, 15) is 4.79 Å². The Kier molecular flexibility index (Phi) is 3.58. The van der Waals surface area contributed by atoms with E-state index in [1.165, 1.54) is 5.56 Å². The van der Waals surface area contributed by atoms with E-state index in [4.69, 9.17) is 14.2 Å². The molecule has 5 nitrogen and oxygen atoms in total. The third-order valence-corrected chi connectivity index (χ3v) is 3.39. The molecule has 0 aliphatic carbocycles. The lowest BCUT2D eigenvalue weighted by atomic mass is 10.1. The standard InChI is InChI=1S/C15H17NO4/c1-2-18-15(17)14-11(16-14)5-3-4-10-6-7-12-13(8-10)20-9-19-12/h6-8,14H,2-5,9H2,1H3. The first-order valence-electron chi connectivity index (χ1n) is 6.89. The van der Waals surface area contributed by atoms with E-state index in [1.54, 1.807) is 6.92 Å². The lowest BCUT2D eigenvalue weighted by Gasteiger charge is -2.02. The minimum Gasteiger partial charge on any atom is -0.464 e. The second kappa shape index (κ2) is 5.53. The number of hydrogen-bond donors (Lipinski definition) is 0. The highest BCUT2D eigenvalue weighted by molar-refractivity contribution is 6.16. The maximum Gasteiger partial charge on any atom is 0.336 e. The molecule has 0 radical (unpaired) electrons. The van der Waals surface area contributed by atoms with Crippen molar-refractivity contribution < 1.29 is 19.0 Å². The summed E-state index contributed by atoms with van der Waals surface area (Å²) in [5.74, 6) is 1.41. The Balaban J connectivity index is 1.43. The lowest BCUT2D eigenvalue weighted by molar-refractivity contribution is -0.142. The van der Waals surface area contributed by atoms with Gasteiger partial charge in [0.2, 0.25) is 6.79 Å². The molecule has 2 aliphatic heterocycles. The van der Waals surface area contributed by atoms with Crippen LogP contribution in [-0.2, 0) is 16.0 Å². The summed E-state index contributed by atoms with van der Waals surface area (Å²) in [6, 6.07) is 5.70. The maximum atomic E-state index is 11.4. The molecule has 0 aromatic heterocycles. The Morgan fingerprint density at radius 1 is 1.35 bits per heavy atom. The Hall–Kier alpha value is -2.04. The zero-order chi connectivity index (χ0) is 13.9. The SMILES string of the molecule is CCOC(=O)C1N=C1CCCc1ccc2c(c1)OCO2. The molecule has 0 saturated heterocycles. The monoisotopic (exact) mass is 275 g/mol. The highest BCUT2D eigenvalue weighted by atomic mass is 16.7. The molecule has 2 aliphatic rings. The van der Waals surface area contributed by atoms with Gasteiger partial charge in [0.1, 0.15) is 0 Å². The molecule has 106 valence electrons. The first-order valence-corrected chi connectivity index (χ1v) is 6.89. The predicted molar refractivity (Wildman–Crippen MR) is 73.4 cm³/mol. The van der Waals surface area contributed by atoms with Gasteiger partial charge in [-0.05, 0) is 43.9 Å². The van der Waals surface area contributed by atoms with Crippen molar-refractivity contribution in [3.8, 4) is 11.5 Å². The lowest BCUT2D eigenvalue weighted by Crippen LogP contribution is -2.16. The number of nitrogens with zero attached hydrogens (tertiary/aromatic N) is 1. The van der Waals surface area contributed by atoms with Crippen LogP contribution in [0.3, 0.4) is 0 Å². The summed E-state index contributed by atoms with van der Waals surface area (Å²) in [5.41, 5.74) is 2.17. The highest BCUT2D eigenvalue weighted by Gasteiger charge is 2.35. The molecule has 20 heavy (non-hydrogen) atoms. The van der Waals surface area contributed by atoms with Crippen LogP contribution in [0.25, 0.3) is 0 Å². The van der Waals surface area contributed by atoms with Crippen LogP contribution >= 0.6 is 0 Å². The van der Waals surface area contributed by atoms with Crippen LogP contribution < -0.4 is 9.47 Å². The zero-order valence-corrected chi connectivity index (χ0v) is 11.4. The number of fused-ring (bicyclic) bond motifs is 1. The predicted octanol–water partition coefficient (Wildman–Crippen LogP) is 2.12. The summed E-state index contributed by atoms with van der Waals surface area (Å²) >= 11 is 0. The Labute approximate surface area is 117 Å². The molecular weight excluding hydrogens is 258 g/mol. The summed E-state index contributed by atoms with van der Waals surface area (Å²) in [4.78, 5) is 15.6. The van der Waals surface area contributed by atoms with Crippen molar-refractivity contribution in [3.63, 3.8) is 0 Å². The number of esters is 1. The third kappa shape index (κ3) is 2.76. The number of aliphatic imine (C=N–C) groups is 1. The number of carbonyl (C=O) groups is 1. The molecule has 1 aromatic carbocycles. The first kappa shape index (κ1) is 13.0. The second-order valence-electron chi connectivity index (χ2n) is 4.82. The molecule has 0 fully saturated rings. The Bertz CT molecular complexity index is 553.